The molecule has 1 aromatic carbocycles. The number of benzene rings is 1. The average molecular weight is 333 g/mol. The zero-order valence-electron chi connectivity index (χ0n) is 15.3. The van der Waals surface area contributed by atoms with Crippen molar-refractivity contribution in [3.8, 4) is 5.75 Å². The largest absolute Gasteiger partial charge is 0.491 e. The van der Waals surface area contributed by atoms with Crippen molar-refractivity contribution in [2.24, 2.45) is 0 Å². The van der Waals surface area contributed by atoms with Gasteiger partial charge < -0.3 is 14.8 Å². The summed E-state index contributed by atoms with van der Waals surface area (Å²) in [6.45, 7) is 6.85. The molecule has 2 rings (SSSR count). The molecule has 1 aliphatic carbocycles. The fourth-order valence-corrected chi connectivity index (χ4v) is 3.03. The Morgan fingerprint density at radius 1 is 1.17 bits per heavy atom. The van der Waals surface area contributed by atoms with Gasteiger partial charge in [0.2, 0.25) is 0 Å². The lowest BCUT2D eigenvalue weighted by molar-refractivity contribution is -0.146. The molecule has 0 spiro atoms. The van der Waals surface area contributed by atoms with Crippen LogP contribution in [0, 0.1) is 0 Å². The molecule has 1 aliphatic rings. The molecule has 0 aromatic heterocycles. The van der Waals surface area contributed by atoms with Crippen LogP contribution in [0.4, 0.5) is 5.69 Å². The van der Waals surface area contributed by atoms with Gasteiger partial charge in [-0.25, -0.2) is 0 Å². The third-order valence-electron chi connectivity index (χ3n) is 4.68. The molecule has 0 saturated heterocycles. The number of amides is 1. The van der Waals surface area contributed by atoms with Gasteiger partial charge in [-0.15, -0.1) is 0 Å². The van der Waals surface area contributed by atoms with Gasteiger partial charge in [0, 0.05) is 12.3 Å². The first-order valence-corrected chi connectivity index (χ1v) is 9.32. The van der Waals surface area contributed by atoms with E-state index in [0.29, 0.717) is 6.61 Å². The van der Waals surface area contributed by atoms with E-state index >= 15 is 0 Å². The zero-order chi connectivity index (χ0) is 17.4. The molecule has 1 saturated carbocycles. The lowest BCUT2D eigenvalue weighted by atomic mass is 9.83. The van der Waals surface area contributed by atoms with E-state index in [9.17, 15) is 4.79 Å². The van der Waals surface area contributed by atoms with Gasteiger partial charge >= 0.3 is 0 Å². The first kappa shape index (κ1) is 18.8. The maximum Gasteiger partial charge on any atom is 0.256 e. The number of hydrogen-bond acceptors (Lipinski definition) is 3. The van der Waals surface area contributed by atoms with Gasteiger partial charge in [0.1, 0.15) is 11.4 Å². The SMILES string of the molecule is CCCOC1(C(=O)Nc2ccc(O[C@@H](C)CC)cc2)CCCCC1. The maximum atomic E-state index is 12.8. The zero-order valence-corrected chi connectivity index (χ0v) is 15.3. The Hall–Kier alpha value is -1.55. The monoisotopic (exact) mass is 333 g/mol. The van der Waals surface area contributed by atoms with Crippen molar-refractivity contribution in [3.05, 3.63) is 24.3 Å². The number of carbonyl (C=O) groups is 1. The molecule has 0 unspecified atom stereocenters. The summed E-state index contributed by atoms with van der Waals surface area (Å²) in [4.78, 5) is 12.8. The van der Waals surface area contributed by atoms with Gasteiger partial charge in [0.25, 0.3) is 5.91 Å². The molecule has 1 fully saturated rings. The summed E-state index contributed by atoms with van der Waals surface area (Å²) in [6.07, 6.45) is 7.01. The van der Waals surface area contributed by atoms with Crippen LogP contribution < -0.4 is 10.1 Å². The Kier molecular flexibility index (Phi) is 7.10. The smallest absolute Gasteiger partial charge is 0.256 e. The van der Waals surface area contributed by atoms with E-state index in [4.69, 9.17) is 9.47 Å². The van der Waals surface area contributed by atoms with Crippen molar-refractivity contribution < 1.29 is 14.3 Å². The van der Waals surface area contributed by atoms with E-state index < -0.39 is 5.60 Å². The fourth-order valence-electron chi connectivity index (χ4n) is 3.03. The number of carbonyl (C=O) groups excluding carboxylic acids is 1. The van der Waals surface area contributed by atoms with Crippen LogP contribution in [-0.2, 0) is 9.53 Å². The lowest BCUT2D eigenvalue weighted by Crippen LogP contribution is -2.47. The number of nitrogens with one attached hydrogen (secondary N) is 1. The second-order valence-electron chi connectivity index (χ2n) is 6.72. The predicted octanol–water partition coefficient (Wildman–Crippen LogP) is 4.93. The van der Waals surface area contributed by atoms with Crippen LogP contribution in [-0.4, -0.2) is 24.2 Å². The van der Waals surface area contributed by atoms with Crippen LogP contribution in [0.2, 0.25) is 0 Å². The van der Waals surface area contributed by atoms with Gasteiger partial charge in [-0.3, -0.25) is 4.79 Å². The van der Waals surface area contributed by atoms with Gasteiger partial charge in [-0.2, -0.15) is 0 Å². The Balaban J connectivity index is 2.00. The van der Waals surface area contributed by atoms with Crippen molar-refractivity contribution in [1.82, 2.24) is 0 Å². The van der Waals surface area contributed by atoms with Crippen LogP contribution in [0.5, 0.6) is 5.75 Å². The highest BCUT2D eigenvalue weighted by Crippen LogP contribution is 2.33. The molecule has 134 valence electrons. The van der Waals surface area contributed by atoms with E-state index in [1.807, 2.05) is 31.2 Å². The van der Waals surface area contributed by atoms with Crippen LogP contribution in [0.25, 0.3) is 0 Å². The Bertz CT molecular complexity index is 506. The molecule has 4 nitrogen and oxygen atoms in total. The Morgan fingerprint density at radius 3 is 2.42 bits per heavy atom. The van der Waals surface area contributed by atoms with Crippen molar-refractivity contribution in [1.29, 1.82) is 0 Å². The molecule has 4 heteroatoms. The van der Waals surface area contributed by atoms with Crippen molar-refractivity contribution in [2.75, 3.05) is 11.9 Å². The lowest BCUT2D eigenvalue weighted by Gasteiger charge is -2.35. The van der Waals surface area contributed by atoms with Crippen LogP contribution in [0.3, 0.4) is 0 Å². The van der Waals surface area contributed by atoms with E-state index in [1.165, 1.54) is 6.42 Å². The van der Waals surface area contributed by atoms with Crippen molar-refractivity contribution in [2.45, 2.75) is 77.4 Å². The van der Waals surface area contributed by atoms with Crippen molar-refractivity contribution >= 4 is 11.6 Å². The van der Waals surface area contributed by atoms with E-state index in [0.717, 1.165) is 50.0 Å². The summed E-state index contributed by atoms with van der Waals surface area (Å²) < 4.78 is 11.8. The highest BCUT2D eigenvalue weighted by atomic mass is 16.5. The second kappa shape index (κ2) is 9.07. The average Bonchev–Trinajstić information content (AvgIpc) is 2.62. The summed E-state index contributed by atoms with van der Waals surface area (Å²) in [6, 6.07) is 7.60. The number of hydrogen-bond donors (Lipinski definition) is 1. The summed E-state index contributed by atoms with van der Waals surface area (Å²) >= 11 is 0. The summed E-state index contributed by atoms with van der Waals surface area (Å²) in [5, 5.41) is 3.04. The molecule has 0 heterocycles. The first-order chi connectivity index (χ1) is 11.6. The minimum atomic E-state index is -0.653. The molecule has 1 N–H and O–H groups in total. The molecule has 1 amide bonds. The Labute approximate surface area is 145 Å². The molecule has 0 aliphatic heterocycles. The van der Waals surface area contributed by atoms with E-state index in [2.05, 4.69) is 19.2 Å². The van der Waals surface area contributed by atoms with Crippen LogP contribution in [0.15, 0.2) is 24.3 Å². The normalized spacial score (nSPS) is 18.0. The fraction of sp³-hybridized carbons (Fsp3) is 0.650. The molecule has 1 aromatic rings. The topological polar surface area (TPSA) is 47.6 Å². The summed E-state index contributed by atoms with van der Waals surface area (Å²) in [5.74, 6) is 0.822. The molecular formula is C20H31NO3. The number of rotatable bonds is 8. The van der Waals surface area contributed by atoms with E-state index in [-0.39, 0.29) is 12.0 Å². The van der Waals surface area contributed by atoms with Crippen LogP contribution in [0.1, 0.15) is 65.7 Å². The molecule has 0 radical (unpaired) electrons. The van der Waals surface area contributed by atoms with Gasteiger partial charge in [0.05, 0.1) is 6.10 Å². The minimum absolute atomic E-state index is 0.00811. The molecule has 24 heavy (non-hydrogen) atoms. The molecule has 1 atom stereocenters. The van der Waals surface area contributed by atoms with Gasteiger partial charge in [-0.05, 0) is 56.9 Å². The highest BCUT2D eigenvalue weighted by molar-refractivity contribution is 5.97. The summed E-state index contributed by atoms with van der Waals surface area (Å²) in [7, 11) is 0. The second-order valence-corrected chi connectivity index (χ2v) is 6.72. The van der Waals surface area contributed by atoms with Crippen LogP contribution >= 0.6 is 0 Å². The quantitative estimate of drug-likeness (QED) is 0.733. The van der Waals surface area contributed by atoms with E-state index in [1.54, 1.807) is 0 Å². The summed E-state index contributed by atoms with van der Waals surface area (Å²) in [5.41, 5.74) is 0.140. The third-order valence-corrected chi connectivity index (χ3v) is 4.68. The number of anilines is 1. The van der Waals surface area contributed by atoms with Gasteiger partial charge in [-0.1, -0.05) is 33.1 Å². The first-order valence-electron chi connectivity index (χ1n) is 9.32. The molecule has 0 bridgehead atoms. The number of ether oxygens (including phenoxy) is 2. The predicted molar refractivity (Wildman–Crippen MR) is 97.5 cm³/mol. The third kappa shape index (κ3) is 4.97. The van der Waals surface area contributed by atoms with Crippen molar-refractivity contribution in [3.63, 3.8) is 0 Å². The maximum absolute atomic E-state index is 12.8. The Morgan fingerprint density at radius 2 is 1.83 bits per heavy atom. The minimum Gasteiger partial charge on any atom is -0.491 e. The standard InChI is InChI=1S/C20H31NO3/c1-4-15-23-20(13-7-6-8-14-20)19(22)21-17-9-11-18(12-10-17)24-16(3)5-2/h9-12,16H,4-8,13-15H2,1-3H3,(H,21,22)/t16-/m0/s1. The molecular weight excluding hydrogens is 302 g/mol. The highest BCUT2D eigenvalue weighted by Gasteiger charge is 2.40. The van der Waals surface area contributed by atoms with Gasteiger partial charge in [0.15, 0.2) is 0 Å².